The Hall–Kier alpha value is -3.49. The fourth-order valence-electron chi connectivity index (χ4n) is 3.25. The van der Waals surface area contributed by atoms with Crippen LogP contribution >= 0.6 is 22.9 Å². The third-order valence-corrected chi connectivity index (χ3v) is 6.17. The van der Waals surface area contributed by atoms with E-state index in [1.54, 1.807) is 36.4 Å². The van der Waals surface area contributed by atoms with Gasteiger partial charge in [-0.25, -0.2) is 14.2 Å². The smallest absolute Gasteiger partial charge is 0.321 e. The van der Waals surface area contributed by atoms with Crippen LogP contribution in [0, 0.1) is 12.7 Å². The second-order valence-electron chi connectivity index (χ2n) is 7.35. The van der Waals surface area contributed by atoms with E-state index in [1.807, 2.05) is 19.1 Å². The summed E-state index contributed by atoms with van der Waals surface area (Å²) in [5, 5.41) is 9.15. The lowest BCUT2D eigenvalue weighted by Gasteiger charge is -2.10. The van der Waals surface area contributed by atoms with Gasteiger partial charge in [0.1, 0.15) is 5.82 Å². The van der Waals surface area contributed by atoms with Crippen molar-refractivity contribution in [2.75, 3.05) is 17.2 Å². The lowest BCUT2D eigenvalue weighted by molar-refractivity contribution is 0.102. The summed E-state index contributed by atoms with van der Waals surface area (Å²) in [7, 11) is 0. The number of thiazole rings is 1. The largest absolute Gasteiger partial charge is 0.337 e. The third kappa shape index (κ3) is 5.66. The Morgan fingerprint density at radius 3 is 2.67 bits per heavy atom. The summed E-state index contributed by atoms with van der Waals surface area (Å²) in [6, 6.07) is 16.4. The summed E-state index contributed by atoms with van der Waals surface area (Å²) in [6.45, 7) is 2.22. The van der Waals surface area contributed by atoms with Gasteiger partial charge < -0.3 is 10.6 Å². The first-order valence-electron chi connectivity index (χ1n) is 10.2. The normalized spacial score (nSPS) is 10.8. The molecule has 0 atom stereocenters. The van der Waals surface area contributed by atoms with E-state index >= 15 is 0 Å². The molecule has 3 N–H and O–H groups in total. The fourth-order valence-corrected chi connectivity index (χ4v) is 4.42. The fraction of sp³-hybridized carbons (Fsp3) is 0.125. The minimum absolute atomic E-state index is 0.286. The zero-order valence-corrected chi connectivity index (χ0v) is 19.2. The van der Waals surface area contributed by atoms with Crippen molar-refractivity contribution in [2.45, 2.75) is 13.3 Å². The van der Waals surface area contributed by atoms with Crippen molar-refractivity contribution in [3.8, 4) is 0 Å². The molecule has 0 aliphatic carbocycles. The summed E-state index contributed by atoms with van der Waals surface area (Å²) in [5.41, 5.74) is 3.36. The Kier molecular flexibility index (Phi) is 6.86. The van der Waals surface area contributed by atoms with Gasteiger partial charge in [-0.15, -0.1) is 0 Å². The maximum absolute atomic E-state index is 13.2. The molecule has 3 amide bonds. The number of fused-ring (bicyclic) bond motifs is 1. The van der Waals surface area contributed by atoms with Crippen LogP contribution in [-0.4, -0.2) is 23.5 Å². The number of carbonyl (C=O) groups is 2. The second-order valence-corrected chi connectivity index (χ2v) is 8.79. The molecule has 6 nitrogen and oxygen atoms in total. The minimum Gasteiger partial charge on any atom is -0.337 e. The molecule has 3 aromatic carbocycles. The van der Waals surface area contributed by atoms with Crippen molar-refractivity contribution in [2.24, 2.45) is 0 Å². The van der Waals surface area contributed by atoms with Crippen LogP contribution in [-0.2, 0) is 6.42 Å². The minimum atomic E-state index is -0.405. The summed E-state index contributed by atoms with van der Waals surface area (Å²) < 4.78 is 14.0. The number of amides is 3. The van der Waals surface area contributed by atoms with Crippen molar-refractivity contribution in [3.63, 3.8) is 0 Å². The van der Waals surface area contributed by atoms with Crippen LogP contribution in [0.25, 0.3) is 10.2 Å². The SMILES string of the molecule is Cc1cccc(Cl)c1NC(=O)c1ccc2nc(NC(=O)NCCc3cccc(F)c3)sc2c1. The molecular weight excluding hydrogens is 463 g/mol. The number of benzene rings is 3. The molecule has 168 valence electrons. The molecule has 0 aliphatic rings. The highest BCUT2D eigenvalue weighted by atomic mass is 35.5. The molecule has 0 saturated heterocycles. The van der Waals surface area contributed by atoms with Crippen LogP contribution in [0.1, 0.15) is 21.5 Å². The van der Waals surface area contributed by atoms with E-state index in [4.69, 9.17) is 11.6 Å². The van der Waals surface area contributed by atoms with E-state index in [1.165, 1.54) is 23.5 Å². The Labute approximate surface area is 198 Å². The van der Waals surface area contributed by atoms with Crippen LogP contribution in [0.5, 0.6) is 0 Å². The predicted molar refractivity (Wildman–Crippen MR) is 131 cm³/mol. The highest BCUT2D eigenvalue weighted by Crippen LogP contribution is 2.29. The number of aromatic nitrogens is 1. The molecule has 0 radical (unpaired) electrons. The van der Waals surface area contributed by atoms with Crippen molar-refractivity contribution < 1.29 is 14.0 Å². The summed E-state index contributed by atoms with van der Waals surface area (Å²) in [4.78, 5) is 29.3. The molecule has 0 bridgehead atoms. The van der Waals surface area contributed by atoms with Gasteiger partial charge in [0, 0.05) is 12.1 Å². The topological polar surface area (TPSA) is 83.1 Å². The van der Waals surface area contributed by atoms with Crippen molar-refractivity contribution in [3.05, 3.63) is 88.2 Å². The number of rotatable bonds is 6. The van der Waals surface area contributed by atoms with Gasteiger partial charge in [-0.3, -0.25) is 10.1 Å². The Balaban J connectivity index is 1.38. The molecule has 0 spiro atoms. The lowest BCUT2D eigenvalue weighted by atomic mass is 10.1. The van der Waals surface area contributed by atoms with E-state index in [0.717, 1.165) is 15.8 Å². The van der Waals surface area contributed by atoms with E-state index < -0.39 is 6.03 Å². The summed E-state index contributed by atoms with van der Waals surface area (Å²) >= 11 is 7.46. The van der Waals surface area contributed by atoms with Crippen LogP contribution < -0.4 is 16.0 Å². The number of nitrogens with zero attached hydrogens (tertiary/aromatic N) is 1. The molecule has 4 rings (SSSR count). The lowest BCUT2D eigenvalue weighted by Crippen LogP contribution is -2.30. The van der Waals surface area contributed by atoms with Gasteiger partial charge in [0.2, 0.25) is 0 Å². The number of anilines is 2. The molecule has 33 heavy (non-hydrogen) atoms. The number of aryl methyl sites for hydroxylation is 1. The van der Waals surface area contributed by atoms with E-state index in [2.05, 4.69) is 20.9 Å². The maximum atomic E-state index is 13.2. The number of hydrogen-bond acceptors (Lipinski definition) is 4. The monoisotopic (exact) mass is 482 g/mol. The quantitative estimate of drug-likeness (QED) is 0.314. The van der Waals surface area contributed by atoms with Crippen LogP contribution in [0.2, 0.25) is 5.02 Å². The van der Waals surface area contributed by atoms with Crippen LogP contribution in [0.4, 0.5) is 20.0 Å². The molecule has 1 aromatic heterocycles. The van der Waals surface area contributed by atoms with Crippen LogP contribution in [0.15, 0.2) is 60.7 Å². The Morgan fingerprint density at radius 1 is 1.06 bits per heavy atom. The summed E-state index contributed by atoms with van der Waals surface area (Å²) in [6.07, 6.45) is 0.508. The van der Waals surface area contributed by atoms with Gasteiger partial charge in [0.25, 0.3) is 5.91 Å². The second kappa shape index (κ2) is 9.97. The zero-order valence-electron chi connectivity index (χ0n) is 17.6. The number of nitrogens with one attached hydrogen (secondary N) is 3. The molecule has 1 heterocycles. The van der Waals surface area contributed by atoms with Gasteiger partial charge in [-0.1, -0.05) is 47.2 Å². The predicted octanol–water partition coefficient (Wildman–Crippen LogP) is 6.01. The van der Waals surface area contributed by atoms with Crippen molar-refractivity contribution in [1.29, 1.82) is 0 Å². The number of halogens is 2. The first-order chi connectivity index (χ1) is 15.9. The standard InChI is InChI=1S/C24H20ClFN4O2S/c1-14-4-2-7-18(25)21(14)29-22(31)16-8-9-19-20(13-16)33-24(28-19)30-23(32)27-11-10-15-5-3-6-17(26)12-15/h2-9,12-13H,10-11H2,1H3,(H,29,31)(H2,27,28,30,32). The molecule has 0 aliphatic heterocycles. The van der Waals surface area contributed by atoms with E-state index in [0.29, 0.717) is 39.9 Å². The van der Waals surface area contributed by atoms with Gasteiger partial charge >= 0.3 is 6.03 Å². The van der Waals surface area contributed by atoms with Gasteiger partial charge in [-0.05, 0) is 60.9 Å². The molecule has 0 fully saturated rings. The summed E-state index contributed by atoms with van der Waals surface area (Å²) in [5.74, 6) is -0.590. The molecule has 0 saturated carbocycles. The van der Waals surface area contributed by atoms with Gasteiger partial charge in [-0.2, -0.15) is 0 Å². The highest BCUT2D eigenvalue weighted by Gasteiger charge is 2.13. The number of para-hydroxylation sites is 1. The van der Waals surface area contributed by atoms with Crippen molar-refractivity contribution >= 4 is 55.9 Å². The maximum Gasteiger partial charge on any atom is 0.321 e. The Bertz CT molecular complexity index is 1320. The highest BCUT2D eigenvalue weighted by molar-refractivity contribution is 7.22. The number of urea groups is 1. The molecule has 4 aromatic rings. The Morgan fingerprint density at radius 2 is 1.88 bits per heavy atom. The zero-order chi connectivity index (χ0) is 23.4. The van der Waals surface area contributed by atoms with Gasteiger partial charge in [0.05, 0.1) is 20.9 Å². The van der Waals surface area contributed by atoms with E-state index in [-0.39, 0.29) is 11.7 Å². The molecule has 0 unspecified atom stereocenters. The first-order valence-corrected chi connectivity index (χ1v) is 11.3. The number of carbonyl (C=O) groups excluding carboxylic acids is 2. The van der Waals surface area contributed by atoms with E-state index in [9.17, 15) is 14.0 Å². The number of hydrogen-bond donors (Lipinski definition) is 3. The average molecular weight is 483 g/mol. The van der Waals surface area contributed by atoms with Crippen LogP contribution in [0.3, 0.4) is 0 Å². The molecular formula is C24H20ClFN4O2S. The third-order valence-electron chi connectivity index (χ3n) is 4.92. The van der Waals surface area contributed by atoms with Gasteiger partial charge in [0.15, 0.2) is 5.13 Å². The molecule has 9 heteroatoms. The van der Waals surface area contributed by atoms with Crippen molar-refractivity contribution in [1.82, 2.24) is 10.3 Å². The average Bonchev–Trinajstić information content (AvgIpc) is 3.17. The first kappa shape index (κ1) is 22.7.